The van der Waals surface area contributed by atoms with E-state index in [-0.39, 0.29) is 16.2 Å². The Morgan fingerprint density at radius 2 is 1.79 bits per heavy atom. The van der Waals surface area contributed by atoms with E-state index in [0.717, 1.165) is 32.1 Å². The van der Waals surface area contributed by atoms with Gasteiger partial charge in [0.05, 0.1) is 0 Å². The summed E-state index contributed by atoms with van der Waals surface area (Å²) in [6.45, 7) is 0. The maximum atomic E-state index is 11.5. The monoisotopic (exact) mass is 213 g/mol. The van der Waals surface area contributed by atoms with E-state index in [1.807, 2.05) is 0 Å². The zero-order chi connectivity index (χ0) is 9.97. The first kappa shape index (κ1) is 9.17. The zero-order valence-electron chi connectivity index (χ0n) is 8.26. The number of halogens is 1. The summed E-state index contributed by atoms with van der Waals surface area (Å²) in [5, 5.41) is -0.124. The first-order valence-electron chi connectivity index (χ1n) is 5.50. The van der Waals surface area contributed by atoms with Crippen LogP contribution in [0.5, 0.6) is 0 Å². The second-order valence-corrected chi connectivity index (χ2v) is 6.22. The van der Waals surface area contributed by atoms with E-state index in [0.29, 0.717) is 11.8 Å². The Labute approximate surface area is 89.2 Å². The van der Waals surface area contributed by atoms with E-state index in [9.17, 15) is 4.79 Å². The van der Waals surface area contributed by atoms with Gasteiger partial charge in [-0.05, 0) is 62.0 Å². The molecular formula is C11H16ClNO. The van der Waals surface area contributed by atoms with E-state index in [4.69, 9.17) is 17.3 Å². The normalized spacial score (nSPS) is 55.0. The second kappa shape index (κ2) is 2.53. The van der Waals surface area contributed by atoms with Gasteiger partial charge in [0.2, 0.25) is 5.24 Å². The molecule has 0 spiro atoms. The SMILES string of the molecule is NC12CC3CC(C1)CC(C(=O)Cl)(C3)C2. The molecule has 0 aromatic heterocycles. The van der Waals surface area contributed by atoms with E-state index >= 15 is 0 Å². The molecule has 4 bridgehead atoms. The van der Waals surface area contributed by atoms with Crippen molar-refractivity contribution in [2.75, 3.05) is 0 Å². The number of nitrogens with two attached hydrogens (primary N) is 1. The van der Waals surface area contributed by atoms with Gasteiger partial charge >= 0.3 is 0 Å². The molecule has 78 valence electrons. The third-order valence-electron chi connectivity index (χ3n) is 4.52. The topological polar surface area (TPSA) is 43.1 Å². The molecule has 0 saturated heterocycles. The highest BCUT2D eigenvalue weighted by atomic mass is 35.5. The summed E-state index contributed by atoms with van der Waals surface area (Å²) in [5.41, 5.74) is 6.04. The molecule has 0 radical (unpaired) electrons. The van der Waals surface area contributed by atoms with Gasteiger partial charge in [0, 0.05) is 11.0 Å². The first-order valence-corrected chi connectivity index (χ1v) is 5.88. The summed E-state index contributed by atoms with van der Waals surface area (Å²) < 4.78 is 0. The molecule has 3 heteroatoms. The van der Waals surface area contributed by atoms with Crippen LogP contribution in [0.2, 0.25) is 0 Å². The standard InChI is InChI=1S/C11H16ClNO/c12-9(14)10-2-7-1-8(3-10)5-11(13,4-7)6-10/h7-8H,1-6,13H2. The predicted molar refractivity (Wildman–Crippen MR) is 54.9 cm³/mol. The fourth-order valence-corrected chi connectivity index (χ4v) is 4.78. The summed E-state index contributed by atoms with van der Waals surface area (Å²) in [7, 11) is 0. The van der Waals surface area contributed by atoms with Gasteiger partial charge in [-0.3, -0.25) is 4.79 Å². The minimum Gasteiger partial charge on any atom is -0.325 e. The molecule has 4 aliphatic rings. The van der Waals surface area contributed by atoms with Crippen LogP contribution in [-0.2, 0) is 4.79 Å². The molecule has 4 fully saturated rings. The van der Waals surface area contributed by atoms with E-state index in [2.05, 4.69) is 0 Å². The van der Waals surface area contributed by atoms with Crippen LogP contribution in [0, 0.1) is 17.3 Å². The van der Waals surface area contributed by atoms with Gasteiger partial charge in [0.15, 0.2) is 0 Å². The average molecular weight is 214 g/mol. The van der Waals surface area contributed by atoms with Gasteiger partial charge in [-0.2, -0.15) is 0 Å². The van der Waals surface area contributed by atoms with Crippen LogP contribution in [0.4, 0.5) is 0 Å². The van der Waals surface area contributed by atoms with Gasteiger partial charge in [-0.15, -0.1) is 0 Å². The first-order chi connectivity index (χ1) is 6.51. The Balaban J connectivity index is 2.00. The number of hydrogen-bond donors (Lipinski definition) is 1. The molecule has 4 aliphatic carbocycles. The molecule has 4 saturated carbocycles. The van der Waals surface area contributed by atoms with Gasteiger partial charge in [-0.25, -0.2) is 0 Å². The average Bonchev–Trinajstić information content (AvgIpc) is 1.98. The minimum absolute atomic E-state index is 0.0609. The summed E-state index contributed by atoms with van der Waals surface area (Å²) in [6.07, 6.45) is 6.38. The van der Waals surface area contributed by atoms with Gasteiger partial charge in [-0.1, -0.05) is 0 Å². The molecule has 0 heterocycles. The van der Waals surface area contributed by atoms with Crippen molar-refractivity contribution in [1.29, 1.82) is 0 Å². The summed E-state index contributed by atoms with van der Waals surface area (Å²) in [5.74, 6) is 1.34. The Morgan fingerprint density at radius 3 is 2.21 bits per heavy atom. The number of rotatable bonds is 1. The van der Waals surface area contributed by atoms with Crippen molar-refractivity contribution in [3.05, 3.63) is 0 Å². The molecule has 4 rings (SSSR count). The number of hydrogen-bond acceptors (Lipinski definition) is 2. The number of carbonyl (C=O) groups excluding carboxylic acids is 1. The maximum Gasteiger partial charge on any atom is 0.227 e. The van der Waals surface area contributed by atoms with Crippen molar-refractivity contribution in [2.45, 2.75) is 44.1 Å². The molecule has 0 aromatic carbocycles. The van der Waals surface area contributed by atoms with E-state index in [1.54, 1.807) is 0 Å². The van der Waals surface area contributed by atoms with Gasteiger partial charge in [0.25, 0.3) is 0 Å². The third kappa shape index (κ3) is 1.10. The lowest BCUT2D eigenvalue weighted by Crippen LogP contribution is -2.61. The van der Waals surface area contributed by atoms with Crippen LogP contribution in [0.3, 0.4) is 0 Å². The van der Waals surface area contributed by atoms with Crippen LogP contribution >= 0.6 is 11.6 Å². The minimum atomic E-state index is -0.236. The van der Waals surface area contributed by atoms with Gasteiger partial charge in [0.1, 0.15) is 0 Å². The predicted octanol–water partition coefficient (Wildman–Crippen LogP) is 2.05. The van der Waals surface area contributed by atoms with Crippen molar-refractivity contribution in [1.82, 2.24) is 0 Å². The van der Waals surface area contributed by atoms with Crippen LogP contribution in [0.15, 0.2) is 0 Å². The molecule has 2 nitrogen and oxygen atoms in total. The van der Waals surface area contributed by atoms with Crippen molar-refractivity contribution >= 4 is 16.8 Å². The molecule has 14 heavy (non-hydrogen) atoms. The summed E-state index contributed by atoms with van der Waals surface area (Å²) in [6, 6.07) is 0. The molecule has 0 aromatic rings. The fraction of sp³-hybridized carbons (Fsp3) is 0.909. The molecule has 2 atom stereocenters. The molecular weight excluding hydrogens is 198 g/mol. The Kier molecular flexibility index (Phi) is 1.66. The highest BCUT2D eigenvalue weighted by Gasteiger charge is 2.58. The lowest BCUT2D eigenvalue weighted by atomic mass is 9.47. The van der Waals surface area contributed by atoms with Crippen molar-refractivity contribution in [3.63, 3.8) is 0 Å². The number of carbonyl (C=O) groups is 1. The van der Waals surface area contributed by atoms with E-state index in [1.165, 1.54) is 6.42 Å². The molecule has 0 aliphatic heterocycles. The fourth-order valence-electron chi connectivity index (χ4n) is 4.56. The Hall–Kier alpha value is -0.0800. The molecule has 0 amide bonds. The lowest BCUT2D eigenvalue weighted by Gasteiger charge is -2.59. The van der Waals surface area contributed by atoms with Crippen molar-refractivity contribution in [3.8, 4) is 0 Å². The molecule has 2 N–H and O–H groups in total. The smallest absolute Gasteiger partial charge is 0.227 e. The Bertz CT molecular complexity index is 288. The second-order valence-electron chi connectivity index (χ2n) is 5.88. The third-order valence-corrected chi connectivity index (χ3v) is 4.92. The zero-order valence-corrected chi connectivity index (χ0v) is 9.02. The highest BCUT2D eigenvalue weighted by molar-refractivity contribution is 6.64. The van der Waals surface area contributed by atoms with Crippen LogP contribution < -0.4 is 5.73 Å². The van der Waals surface area contributed by atoms with Crippen molar-refractivity contribution < 1.29 is 4.79 Å². The highest BCUT2D eigenvalue weighted by Crippen LogP contribution is 2.61. The van der Waals surface area contributed by atoms with E-state index < -0.39 is 0 Å². The van der Waals surface area contributed by atoms with Crippen LogP contribution in [0.25, 0.3) is 0 Å². The Morgan fingerprint density at radius 1 is 1.21 bits per heavy atom. The van der Waals surface area contributed by atoms with Crippen molar-refractivity contribution in [2.24, 2.45) is 23.0 Å². The quantitative estimate of drug-likeness (QED) is 0.678. The van der Waals surface area contributed by atoms with Crippen LogP contribution in [0.1, 0.15) is 38.5 Å². The summed E-state index contributed by atoms with van der Waals surface area (Å²) >= 11 is 5.77. The largest absolute Gasteiger partial charge is 0.325 e. The molecule has 2 unspecified atom stereocenters. The maximum absolute atomic E-state index is 11.5. The summed E-state index contributed by atoms with van der Waals surface area (Å²) in [4.78, 5) is 11.5. The van der Waals surface area contributed by atoms with Gasteiger partial charge < -0.3 is 5.73 Å². The lowest BCUT2D eigenvalue weighted by molar-refractivity contribution is -0.137. The van der Waals surface area contributed by atoms with Crippen LogP contribution in [-0.4, -0.2) is 10.8 Å².